The van der Waals surface area contributed by atoms with Crippen molar-refractivity contribution < 1.29 is 14.6 Å². The minimum absolute atomic E-state index is 0.118. The summed E-state index contributed by atoms with van der Waals surface area (Å²) in [6.07, 6.45) is 4.48. The smallest absolute Gasteiger partial charge is 0.303 e. The molecule has 7 nitrogen and oxygen atoms in total. The van der Waals surface area contributed by atoms with Crippen molar-refractivity contribution >= 4 is 35.0 Å². The average molecular weight is 377 g/mol. The number of hydrogen-bond acceptors (Lipinski definition) is 6. The molecule has 0 saturated carbocycles. The van der Waals surface area contributed by atoms with Gasteiger partial charge in [0.1, 0.15) is 5.02 Å². The summed E-state index contributed by atoms with van der Waals surface area (Å²) in [7, 11) is 0. The lowest BCUT2D eigenvalue weighted by molar-refractivity contribution is -0.136. The Bertz CT molecular complexity index is 749. The maximum atomic E-state index is 10.6. The van der Waals surface area contributed by atoms with Crippen molar-refractivity contribution in [2.45, 2.75) is 31.8 Å². The van der Waals surface area contributed by atoms with E-state index in [1.54, 1.807) is 6.20 Å². The minimum atomic E-state index is -0.801. The fourth-order valence-corrected chi connectivity index (χ4v) is 2.86. The summed E-state index contributed by atoms with van der Waals surface area (Å²) < 4.78 is 5.58. The molecule has 26 heavy (non-hydrogen) atoms. The van der Waals surface area contributed by atoms with Crippen LogP contribution in [0.1, 0.15) is 24.8 Å². The Balaban J connectivity index is 1.60. The van der Waals surface area contributed by atoms with E-state index >= 15 is 0 Å². The van der Waals surface area contributed by atoms with Gasteiger partial charge < -0.3 is 20.5 Å². The molecule has 3 rings (SSSR count). The molecule has 0 bridgehead atoms. The highest BCUT2D eigenvalue weighted by Crippen LogP contribution is 2.22. The van der Waals surface area contributed by atoms with Crippen molar-refractivity contribution in [3.8, 4) is 0 Å². The number of halogens is 1. The van der Waals surface area contributed by atoms with Gasteiger partial charge in [-0.25, -0.2) is 4.98 Å². The van der Waals surface area contributed by atoms with Crippen LogP contribution in [0.15, 0.2) is 30.5 Å². The Morgan fingerprint density at radius 3 is 2.85 bits per heavy atom. The number of carboxylic acid groups (broad SMARTS) is 1. The van der Waals surface area contributed by atoms with Gasteiger partial charge in [-0.05, 0) is 37.0 Å². The molecule has 0 radical (unpaired) electrons. The molecular weight excluding hydrogens is 356 g/mol. The topological polar surface area (TPSA) is 96.4 Å². The van der Waals surface area contributed by atoms with E-state index in [-0.39, 0.29) is 12.5 Å². The summed E-state index contributed by atoms with van der Waals surface area (Å²) in [6.45, 7) is 1.47. The van der Waals surface area contributed by atoms with Gasteiger partial charge >= 0.3 is 5.97 Å². The molecule has 1 aromatic heterocycles. The normalized spacial score (nSPS) is 16.4. The summed E-state index contributed by atoms with van der Waals surface area (Å²) in [5.41, 5.74) is 1.78. The Labute approximate surface area is 156 Å². The standard InChI is InChI=1S/C18H21ClN4O3/c19-15-11-21-18(23-17(15)20-10-14-2-1-9-26-14)22-13-6-3-12(4-7-13)5-8-16(24)25/h3-4,6-7,11,14H,1-2,5,8-10H2,(H,24,25)(H2,20,21,22,23)/t14-/m0/s1. The van der Waals surface area contributed by atoms with Crippen LogP contribution in [-0.2, 0) is 16.0 Å². The quantitative estimate of drug-likeness (QED) is 0.648. The lowest BCUT2D eigenvalue weighted by atomic mass is 10.1. The van der Waals surface area contributed by atoms with Crippen molar-refractivity contribution in [1.82, 2.24) is 9.97 Å². The molecule has 1 saturated heterocycles. The molecule has 2 heterocycles. The molecule has 138 valence electrons. The average Bonchev–Trinajstić information content (AvgIpc) is 3.15. The number of carbonyl (C=O) groups is 1. The zero-order valence-corrected chi connectivity index (χ0v) is 15.0. The highest BCUT2D eigenvalue weighted by molar-refractivity contribution is 6.32. The molecule has 0 amide bonds. The van der Waals surface area contributed by atoms with E-state index in [2.05, 4.69) is 20.6 Å². The van der Waals surface area contributed by atoms with Crippen molar-refractivity contribution in [3.05, 3.63) is 41.0 Å². The Kier molecular flexibility index (Phi) is 6.25. The number of aromatic nitrogens is 2. The van der Waals surface area contributed by atoms with Crippen molar-refractivity contribution in [3.63, 3.8) is 0 Å². The van der Waals surface area contributed by atoms with E-state index in [1.807, 2.05) is 24.3 Å². The number of anilines is 3. The van der Waals surface area contributed by atoms with Crippen LogP contribution in [-0.4, -0.2) is 40.3 Å². The summed E-state index contributed by atoms with van der Waals surface area (Å²) in [5, 5.41) is 15.5. The molecule has 1 aliphatic heterocycles. The molecule has 0 spiro atoms. The Hall–Kier alpha value is -2.38. The van der Waals surface area contributed by atoms with Crippen molar-refractivity contribution in [2.75, 3.05) is 23.8 Å². The van der Waals surface area contributed by atoms with Gasteiger partial charge in [-0.2, -0.15) is 4.98 Å². The van der Waals surface area contributed by atoms with E-state index < -0.39 is 5.97 Å². The molecular formula is C18H21ClN4O3. The van der Waals surface area contributed by atoms with E-state index in [4.69, 9.17) is 21.4 Å². The van der Waals surface area contributed by atoms with Gasteiger partial charge in [-0.3, -0.25) is 4.79 Å². The van der Waals surface area contributed by atoms with Gasteiger partial charge in [0, 0.05) is 25.3 Å². The first-order valence-electron chi connectivity index (χ1n) is 8.56. The van der Waals surface area contributed by atoms with Gasteiger partial charge in [-0.1, -0.05) is 23.7 Å². The number of aryl methyl sites for hydroxylation is 1. The second kappa shape index (κ2) is 8.82. The van der Waals surface area contributed by atoms with Crippen LogP contribution in [0, 0.1) is 0 Å². The van der Waals surface area contributed by atoms with Gasteiger partial charge in [0.15, 0.2) is 5.82 Å². The largest absolute Gasteiger partial charge is 0.481 e. The van der Waals surface area contributed by atoms with Crippen LogP contribution in [0.25, 0.3) is 0 Å². The zero-order valence-electron chi connectivity index (χ0n) is 14.2. The summed E-state index contributed by atoms with van der Waals surface area (Å²) in [4.78, 5) is 19.2. The third-order valence-corrected chi connectivity index (χ3v) is 4.38. The highest BCUT2D eigenvalue weighted by Gasteiger charge is 2.16. The zero-order chi connectivity index (χ0) is 18.4. The fourth-order valence-electron chi connectivity index (χ4n) is 2.70. The Morgan fingerprint density at radius 1 is 1.35 bits per heavy atom. The first kappa shape index (κ1) is 18.4. The van der Waals surface area contributed by atoms with Gasteiger partial charge in [-0.15, -0.1) is 0 Å². The minimum Gasteiger partial charge on any atom is -0.481 e. The first-order chi connectivity index (χ1) is 12.6. The van der Waals surface area contributed by atoms with Crippen molar-refractivity contribution in [1.29, 1.82) is 0 Å². The lowest BCUT2D eigenvalue weighted by Crippen LogP contribution is -2.19. The second-order valence-electron chi connectivity index (χ2n) is 6.12. The van der Waals surface area contributed by atoms with E-state index in [0.29, 0.717) is 29.8 Å². The molecule has 8 heteroatoms. The number of carboxylic acids is 1. The number of nitrogens with zero attached hydrogens (tertiary/aromatic N) is 2. The van der Waals surface area contributed by atoms with E-state index in [9.17, 15) is 4.79 Å². The molecule has 0 aliphatic carbocycles. The predicted octanol–water partition coefficient (Wildman–Crippen LogP) is 3.48. The maximum Gasteiger partial charge on any atom is 0.303 e. The van der Waals surface area contributed by atoms with Crippen LogP contribution in [0.4, 0.5) is 17.5 Å². The number of benzene rings is 1. The third-order valence-electron chi connectivity index (χ3n) is 4.10. The van der Waals surface area contributed by atoms with Gasteiger partial charge in [0.25, 0.3) is 0 Å². The van der Waals surface area contributed by atoms with Crippen LogP contribution in [0.5, 0.6) is 0 Å². The highest BCUT2D eigenvalue weighted by atomic mass is 35.5. The second-order valence-corrected chi connectivity index (χ2v) is 6.53. The fraction of sp³-hybridized carbons (Fsp3) is 0.389. The number of rotatable bonds is 8. The summed E-state index contributed by atoms with van der Waals surface area (Å²) in [6, 6.07) is 7.51. The van der Waals surface area contributed by atoms with Gasteiger partial charge in [0.2, 0.25) is 5.95 Å². The molecule has 1 aromatic carbocycles. The Morgan fingerprint density at radius 2 is 2.15 bits per heavy atom. The van der Waals surface area contributed by atoms with Crippen LogP contribution < -0.4 is 10.6 Å². The lowest BCUT2D eigenvalue weighted by Gasteiger charge is -2.13. The molecule has 2 aromatic rings. The van der Waals surface area contributed by atoms with E-state index in [1.165, 1.54) is 0 Å². The van der Waals surface area contributed by atoms with Crippen LogP contribution in [0.2, 0.25) is 5.02 Å². The van der Waals surface area contributed by atoms with Gasteiger partial charge in [0.05, 0.1) is 12.3 Å². The number of nitrogens with one attached hydrogen (secondary N) is 2. The van der Waals surface area contributed by atoms with Crippen LogP contribution in [0.3, 0.4) is 0 Å². The predicted molar refractivity (Wildman–Crippen MR) is 100 cm³/mol. The SMILES string of the molecule is O=C(O)CCc1ccc(Nc2ncc(Cl)c(NC[C@@H]3CCCO3)n2)cc1. The summed E-state index contributed by atoms with van der Waals surface area (Å²) >= 11 is 6.16. The van der Waals surface area contributed by atoms with Crippen LogP contribution >= 0.6 is 11.6 Å². The molecule has 3 N–H and O–H groups in total. The number of aliphatic carboxylic acids is 1. The monoisotopic (exact) mass is 376 g/mol. The molecule has 1 fully saturated rings. The number of ether oxygens (including phenoxy) is 1. The maximum absolute atomic E-state index is 10.6. The first-order valence-corrected chi connectivity index (χ1v) is 8.94. The molecule has 0 unspecified atom stereocenters. The molecule has 1 aliphatic rings. The van der Waals surface area contributed by atoms with E-state index in [0.717, 1.165) is 30.7 Å². The van der Waals surface area contributed by atoms with Crippen molar-refractivity contribution in [2.24, 2.45) is 0 Å². The molecule has 1 atom stereocenters. The third kappa shape index (κ3) is 5.31. The number of hydrogen-bond donors (Lipinski definition) is 3. The summed E-state index contributed by atoms with van der Waals surface area (Å²) in [5.74, 6) is 0.199.